The Kier molecular flexibility index (Phi) is 5.14. The molecular formula is C19H13ClF2N2O2. The fourth-order valence-corrected chi connectivity index (χ4v) is 2.62. The minimum Gasteiger partial charge on any atom is -0.319 e. The number of nitrogens with zero attached hydrogens (tertiary/aromatic N) is 1. The summed E-state index contributed by atoms with van der Waals surface area (Å²) in [5.41, 5.74) is 0.510. The second-order valence-electron chi connectivity index (χ2n) is 5.59. The maximum absolute atomic E-state index is 13.7. The number of benzene rings is 2. The van der Waals surface area contributed by atoms with Gasteiger partial charge < -0.3 is 9.88 Å². The Morgan fingerprint density at radius 3 is 2.62 bits per heavy atom. The molecule has 0 aliphatic rings. The number of hydrogen-bond donors (Lipinski definition) is 1. The highest BCUT2D eigenvalue weighted by atomic mass is 35.5. The smallest absolute Gasteiger partial charge is 0.257 e. The molecule has 2 aromatic carbocycles. The molecule has 1 amide bonds. The standard InChI is InChI=1S/C19H13ClF2N2O2/c20-14-3-1-2-12(8-14)10-24-11-13(4-7-18(24)25)19(26)23-17-6-5-15(21)9-16(17)22/h1-9,11H,10H2,(H,23,26). The Hall–Kier alpha value is -2.99. The van der Waals surface area contributed by atoms with Crippen LogP contribution >= 0.6 is 11.6 Å². The van der Waals surface area contributed by atoms with Crippen molar-refractivity contribution >= 4 is 23.2 Å². The van der Waals surface area contributed by atoms with Crippen LogP contribution in [-0.4, -0.2) is 10.5 Å². The fraction of sp³-hybridized carbons (Fsp3) is 0.0526. The Morgan fingerprint density at radius 1 is 1.08 bits per heavy atom. The minimum atomic E-state index is -0.884. The van der Waals surface area contributed by atoms with Crippen LogP contribution in [0.1, 0.15) is 15.9 Å². The summed E-state index contributed by atoms with van der Waals surface area (Å²) in [6, 6.07) is 12.4. The van der Waals surface area contributed by atoms with Crippen LogP contribution in [0.4, 0.5) is 14.5 Å². The van der Waals surface area contributed by atoms with Crippen molar-refractivity contribution in [2.45, 2.75) is 6.54 Å². The Bertz CT molecular complexity index is 1030. The molecule has 0 aliphatic carbocycles. The first kappa shape index (κ1) is 17.8. The first-order chi connectivity index (χ1) is 12.4. The number of aromatic nitrogens is 1. The molecule has 1 aromatic heterocycles. The maximum atomic E-state index is 13.7. The SMILES string of the molecule is O=C(Nc1ccc(F)cc1F)c1ccc(=O)n(Cc2cccc(Cl)c2)c1. The number of rotatable bonds is 4. The fourth-order valence-electron chi connectivity index (χ4n) is 2.41. The van der Waals surface area contributed by atoms with Gasteiger partial charge in [-0.1, -0.05) is 23.7 Å². The summed E-state index contributed by atoms with van der Waals surface area (Å²) in [6.45, 7) is 0.228. The number of nitrogens with one attached hydrogen (secondary N) is 1. The second-order valence-corrected chi connectivity index (χ2v) is 6.03. The predicted octanol–water partition coefficient (Wildman–Crippen LogP) is 4.08. The average molecular weight is 375 g/mol. The van der Waals surface area contributed by atoms with E-state index < -0.39 is 17.5 Å². The van der Waals surface area contributed by atoms with E-state index in [1.807, 2.05) is 0 Å². The average Bonchev–Trinajstić information content (AvgIpc) is 2.59. The van der Waals surface area contributed by atoms with Gasteiger partial charge in [0.05, 0.1) is 17.8 Å². The van der Waals surface area contributed by atoms with E-state index in [4.69, 9.17) is 11.6 Å². The Balaban J connectivity index is 1.84. The molecule has 0 unspecified atom stereocenters. The molecule has 3 rings (SSSR count). The van der Waals surface area contributed by atoms with Gasteiger partial charge in [0, 0.05) is 23.4 Å². The first-order valence-electron chi connectivity index (χ1n) is 7.64. The van der Waals surface area contributed by atoms with Crippen LogP contribution in [0.3, 0.4) is 0 Å². The van der Waals surface area contributed by atoms with Crippen LogP contribution in [0.15, 0.2) is 65.6 Å². The van der Waals surface area contributed by atoms with Gasteiger partial charge in [0.1, 0.15) is 11.6 Å². The van der Waals surface area contributed by atoms with Gasteiger partial charge in [0.25, 0.3) is 11.5 Å². The third-order valence-electron chi connectivity index (χ3n) is 3.67. The quantitative estimate of drug-likeness (QED) is 0.748. The zero-order valence-electron chi connectivity index (χ0n) is 13.4. The van der Waals surface area contributed by atoms with E-state index in [0.29, 0.717) is 11.1 Å². The Morgan fingerprint density at radius 2 is 1.88 bits per heavy atom. The molecule has 3 aromatic rings. The van der Waals surface area contributed by atoms with Gasteiger partial charge in [-0.3, -0.25) is 9.59 Å². The van der Waals surface area contributed by atoms with E-state index in [1.165, 1.54) is 22.9 Å². The van der Waals surface area contributed by atoms with E-state index in [-0.39, 0.29) is 23.4 Å². The number of halogens is 3. The molecule has 0 bridgehead atoms. The molecule has 132 valence electrons. The summed E-state index contributed by atoms with van der Waals surface area (Å²) in [5.74, 6) is -2.24. The molecule has 0 radical (unpaired) electrons. The Labute approximate surface area is 152 Å². The molecule has 0 atom stereocenters. The summed E-state index contributed by atoms with van der Waals surface area (Å²) in [4.78, 5) is 24.3. The number of amides is 1. The maximum Gasteiger partial charge on any atom is 0.257 e. The normalized spacial score (nSPS) is 10.6. The van der Waals surface area contributed by atoms with E-state index in [1.54, 1.807) is 24.3 Å². The number of pyridine rings is 1. The van der Waals surface area contributed by atoms with Crippen molar-refractivity contribution in [2.75, 3.05) is 5.32 Å². The predicted molar refractivity (Wildman–Crippen MR) is 95.6 cm³/mol. The summed E-state index contributed by atoms with van der Waals surface area (Å²) >= 11 is 5.94. The first-order valence-corrected chi connectivity index (χ1v) is 8.01. The van der Waals surface area contributed by atoms with Crippen molar-refractivity contribution in [2.24, 2.45) is 0 Å². The number of hydrogen-bond acceptors (Lipinski definition) is 2. The molecule has 4 nitrogen and oxygen atoms in total. The van der Waals surface area contributed by atoms with Crippen molar-refractivity contribution in [3.05, 3.63) is 98.9 Å². The third kappa shape index (κ3) is 4.15. The van der Waals surface area contributed by atoms with Gasteiger partial charge in [-0.2, -0.15) is 0 Å². The van der Waals surface area contributed by atoms with Crippen molar-refractivity contribution in [3.8, 4) is 0 Å². The number of carbonyl (C=O) groups is 1. The van der Waals surface area contributed by atoms with Crippen molar-refractivity contribution in [3.63, 3.8) is 0 Å². The highest BCUT2D eigenvalue weighted by Gasteiger charge is 2.12. The summed E-state index contributed by atoms with van der Waals surface area (Å²) in [6.07, 6.45) is 1.37. The molecule has 1 heterocycles. The van der Waals surface area contributed by atoms with Gasteiger partial charge in [0.2, 0.25) is 0 Å². The molecular weight excluding hydrogens is 362 g/mol. The zero-order chi connectivity index (χ0) is 18.7. The highest BCUT2D eigenvalue weighted by molar-refractivity contribution is 6.30. The zero-order valence-corrected chi connectivity index (χ0v) is 14.1. The van der Waals surface area contributed by atoms with Crippen LogP contribution in [0.5, 0.6) is 0 Å². The van der Waals surface area contributed by atoms with Crippen LogP contribution in [-0.2, 0) is 6.54 Å². The molecule has 7 heteroatoms. The van der Waals surface area contributed by atoms with E-state index in [2.05, 4.69) is 5.32 Å². The van der Waals surface area contributed by atoms with Crippen molar-refractivity contribution in [1.82, 2.24) is 4.57 Å². The minimum absolute atomic E-state index is 0.149. The molecule has 1 N–H and O–H groups in total. The molecule has 0 saturated carbocycles. The van der Waals surface area contributed by atoms with E-state index in [9.17, 15) is 18.4 Å². The van der Waals surface area contributed by atoms with Crippen LogP contribution in [0.2, 0.25) is 5.02 Å². The van der Waals surface area contributed by atoms with Crippen LogP contribution < -0.4 is 10.9 Å². The van der Waals surface area contributed by atoms with Gasteiger partial charge in [0.15, 0.2) is 0 Å². The van der Waals surface area contributed by atoms with Crippen LogP contribution in [0, 0.1) is 11.6 Å². The summed E-state index contributed by atoms with van der Waals surface area (Å²) < 4.78 is 28.0. The summed E-state index contributed by atoms with van der Waals surface area (Å²) in [5, 5.41) is 2.89. The lowest BCUT2D eigenvalue weighted by atomic mass is 10.2. The second kappa shape index (κ2) is 7.49. The molecule has 0 spiro atoms. The highest BCUT2D eigenvalue weighted by Crippen LogP contribution is 2.16. The van der Waals surface area contributed by atoms with E-state index >= 15 is 0 Å². The van der Waals surface area contributed by atoms with Crippen LogP contribution in [0.25, 0.3) is 0 Å². The molecule has 0 fully saturated rings. The van der Waals surface area contributed by atoms with Gasteiger partial charge in [-0.15, -0.1) is 0 Å². The number of carbonyl (C=O) groups excluding carboxylic acids is 1. The van der Waals surface area contributed by atoms with E-state index in [0.717, 1.165) is 17.7 Å². The largest absolute Gasteiger partial charge is 0.319 e. The monoisotopic (exact) mass is 374 g/mol. The van der Waals surface area contributed by atoms with Gasteiger partial charge in [-0.25, -0.2) is 8.78 Å². The molecule has 0 aliphatic heterocycles. The lowest BCUT2D eigenvalue weighted by molar-refractivity contribution is 0.102. The molecule has 26 heavy (non-hydrogen) atoms. The van der Waals surface area contributed by atoms with Gasteiger partial charge >= 0.3 is 0 Å². The molecule has 0 saturated heterocycles. The summed E-state index contributed by atoms with van der Waals surface area (Å²) in [7, 11) is 0. The lowest BCUT2D eigenvalue weighted by Gasteiger charge is -2.10. The van der Waals surface area contributed by atoms with Crippen molar-refractivity contribution < 1.29 is 13.6 Å². The van der Waals surface area contributed by atoms with Crippen molar-refractivity contribution in [1.29, 1.82) is 0 Å². The lowest BCUT2D eigenvalue weighted by Crippen LogP contribution is -2.22. The van der Waals surface area contributed by atoms with Gasteiger partial charge in [-0.05, 0) is 35.9 Å². The topological polar surface area (TPSA) is 51.1 Å². The number of anilines is 1. The third-order valence-corrected chi connectivity index (χ3v) is 3.90.